The summed E-state index contributed by atoms with van der Waals surface area (Å²) in [5.41, 5.74) is -1.06. The quantitative estimate of drug-likeness (QED) is 0.315. The fraction of sp³-hybridized carbons (Fsp3) is 0.550. The average molecular weight is 791 g/mol. The Kier molecular flexibility index (Phi) is 10.6. The standard InChI is InChI=1S/C40H50N6O9S/c1-39(2,3)55-38(52)42-32-14-8-6-4-5-7-12-26-20-40(26,37(51)44-56(53,54)28-17-18-28)43-34(48)33-29-23-45(21-25(29)22-46(33)36(32)50)35(49)31-16-10-15-30(41-31)24-11-9-13-27(47)19-24/h7,9-13,15-16,19,25-26,28-29,32-33,47H,4-6,8,14,17-18,20-23H2,1-3H3,(H,42,52)(H,43,48)(H,44,51)/b12-7-/t25-,26+,29-,32-,33-,40+/m0/s1. The number of hydrogen-bond donors (Lipinski definition) is 4. The van der Waals surface area contributed by atoms with Crippen molar-refractivity contribution in [3.63, 3.8) is 0 Å². The molecule has 4 fully saturated rings. The van der Waals surface area contributed by atoms with E-state index in [2.05, 4.69) is 20.3 Å². The second-order valence-corrected chi connectivity index (χ2v) is 18.7. The fourth-order valence-corrected chi connectivity index (χ4v) is 9.59. The molecule has 5 aliphatic rings. The zero-order valence-corrected chi connectivity index (χ0v) is 32.7. The number of fused-ring (bicyclic) bond motifs is 4. The SMILES string of the molecule is CC(C)(C)OC(=O)N[C@H]1CCCCC/C=C\[C@@H]2C[C@@]2(C(=O)NS(=O)(=O)C2CC2)NC(=O)[C@@H]2[C@H]3CN(C(=O)c4cccc(-c5cccc(O)c5)n4)C[C@H]3CN2C1=O. The topological polar surface area (TPSA) is 204 Å². The Morgan fingerprint density at radius 1 is 1.00 bits per heavy atom. The summed E-state index contributed by atoms with van der Waals surface area (Å²) in [5, 5.41) is 15.0. The first-order valence-electron chi connectivity index (χ1n) is 19.4. The third kappa shape index (κ3) is 8.39. The molecule has 3 aliphatic heterocycles. The molecule has 2 aliphatic carbocycles. The number of rotatable bonds is 6. The number of carbonyl (C=O) groups excluding carboxylic acids is 5. The maximum atomic E-state index is 14.7. The van der Waals surface area contributed by atoms with E-state index in [0.717, 1.165) is 12.8 Å². The van der Waals surface area contributed by atoms with Crippen molar-refractivity contribution in [2.45, 2.75) is 101 Å². The molecule has 0 spiro atoms. The number of nitrogens with zero attached hydrogens (tertiary/aromatic N) is 3. The van der Waals surface area contributed by atoms with E-state index in [1.807, 2.05) is 12.2 Å². The summed E-state index contributed by atoms with van der Waals surface area (Å²) >= 11 is 0. The molecule has 2 saturated carbocycles. The molecule has 1 aromatic carbocycles. The van der Waals surface area contributed by atoms with E-state index in [4.69, 9.17) is 4.74 Å². The normalized spacial score (nSPS) is 28.7. The molecule has 16 heteroatoms. The highest BCUT2D eigenvalue weighted by molar-refractivity contribution is 7.91. The van der Waals surface area contributed by atoms with Gasteiger partial charge < -0.3 is 30.3 Å². The van der Waals surface area contributed by atoms with Gasteiger partial charge in [0.05, 0.1) is 10.9 Å². The summed E-state index contributed by atoms with van der Waals surface area (Å²) in [6.07, 6.45) is 7.25. The lowest BCUT2D eigenvalue weighted by atomic mass is 9.93. The van der Waals surface area contributed by atoms with Gasteiger partial charge in [-0.2, -0.15) is 0 Å². The molecule has 6 atom stereocenters. The van der Waals surface area contributed by atoms with Gasteiger partial charge in [-0.3, -0.25) is 23.9 Å². The molecule has 0 radical (unpaired) electrons. The van der Waals surface area contributed by atoms with Crippen LogP contribution in [0.3, 0.4) is 0 Å². The predicted octanol–water partition coefficient (Wildman–Crippen LogP) is 3.25. The van der Waals surface area contributed by atoms with Crippen LogP contribution in [0.4, 0.5) is 4.79 Å². The van der Waals surface area contributed by atoms with Crippen LogP contribution in [-0.2, 0) is 29.1 Å². The zero-order chi connectivity index (χ0) is 40.0. The summed E-state index contributed by atoms with van der Waals surface area (Å²) in [4.78, 5) is 77.7. The van der Waals surface area contributed by atoms with Crippen LogP contribution in [0.1, 0.15) is 82.6 Å². The van der Waals surface area contributed by atoms with Crippen LogP contribution in [0, 0.1) is 17.8 Å². The maximum absolute atomic E-state index is 14.7. The molecule has 56 heavy (non-hydrogen) atoms. The second kappa shape index (κ2) is 15.2. The number of hydrogen-bond acceptors (Lipinski definition) is 10. The summed E-state index contributed by atoms with van der Waals surface area (Å²) in [6.45, 7) is 5.59. The van der Waals surface area contributed by atoms with Crippen LogP contribution >= 0.6 is 0 Å². The van der Waals surface area contributed by atoms with E-state index in [1.165, 1.54) is 4.90 Å². The van der Waals surface area contributed by atoms with Crippen LogP contribution < -0.4 is 15.4 Å². The summed E-state index contributed by atoms with van der Waals surface area (Å²) in [6, 6.07) is 9.44. The first-order valence-corrected chi connectivity index (χ1v) is 21.0. The highest BCUT2D eigenvalue weighted by Crippen LogP contribution is 2.47. The molecule has 0 unspecified atom stereocenters. The number of aromatic nitrogens is 1. The molecule has 0 bridgehead atoms. The van der Waals surface area contributed by atoms with E-state index >= 15 is 0 Å². The number of pyridine rings is 1. The van der Waals surface area contributed by atoms with Crippen molar-refractivity contribution in [1.82, 2.24) is 30.1 Å². The average Bonchev–Trinajstić information content (AvgIpc) is 4.03. The Hall–Kier alpha value is -4.99. The van der Waals surface area contributed by atoms with E-state index < -0.39 is 74.1 Å². The molecule has 4 N–H and O–H groups in total. The first-order chi connectivity index (χ1) is 26.5. The number of carbonyl (C=O) groups is 5. The van der Waals surface area contributed by atoms with Gasteiger partial charge in [0.15, 0.2) is 0 Å². The van der Waals surface area contributed by atoms with Crippen molar-refractivity contribution in [2.24, 2.45) is 17.8 Å². The number of amides is 5. The molecule has 1 aromatic heterocycles. The van der Waals surface area contributed by atoms with Gasteiger partial charge in [0.2, 0.25) is 21.8 Å². The third-order valence-corrected chi connectivity index (χ3v) is 13.1. The van der Waals surface area contributed by atoms with Gasteiger partial charge >= 0.3 is 6.09 Å². The molecular weight excluding hydrogens is 741 g/mol. The highest BCUT2D eigenvalue weighted by atomic mass is 32.2. The van der Waals surface area contributed by atoms with Crippen molar-refractivity contribution in [2.75, 3.05) is 19.6 Å². The van der Waals surface area contributed by atoms with Gasteiger partial charge in [-0.05, 0) is 83.6 Å². The van der Waals surface area contributed by atoms with E-state index in [0.29, 0.717) is 43.4 Å². The molecule has 300 valence electrons. The number of phenolic OH excluding ortho intramolecular Hbond substituents is 1. The van der Waals surface area contributed by atoms with Crippen LogP contribution in [-0.4, -0.2) is 106 Å². The van der Waals surface area contributed by atoms with Crippen LogP contribution in [0.2, 0.25) is 0 Å². The monoisotopic (exact) mass is 790 g/mol. The van der Waals surface area contributed by atoms with Crippen molar-refractivity contribution in [3.05, 3.63) is 60.3 Å². The van der Waals surface area contributed by atoms with Crippen molar-refractivity contribution < 1.29 is 42.2 Å². The van der Waals surface area contributed by atoms with Crippen molar-refractivity contribution in [3.8, 4) is 17.0 Å². The number of likely N-dealkylation sites (tertiary alicyclic amines) is 1. The van der Waals surface area contributed by atoms with Gasteiger partial charge in [-0.15, -0.1) is 0 Å². The van der Waals surface area contributed by atoms with Gasteiger partial charge in [-0.1, -0.05) is 43.2 Å². The number of ether oxygens (including phenoxy) is 1. The minimum absolute atomic E-state index is 0.0606. The highest BCUT2D eigenvalue weighted by Gasteiger charge is 2.63. The molecule has 5 amide bonds. The molecule has 7 rings (SSSR count). The van der Waals surface area contributed by atoms with Crippen LogP contribution in [0.15, 0.2) is 54.6 Å². The third-order valence-electron chi connectivity index (χ3n) is 11.3. The number of allylic oxidation sites excluding steroid dienone is 1. The summed E-state index contributed by atoms with van der Waals surface area (Å²) < 4.78 is 33.5. The zero-order valence-electron chi connectivity index (χ0n) is 31.9. The smallest absolute Gasteiger partial charge is 0.408 e. The number of nitrogens with one attached hydrogen (secondary N) is 3. The molecule has 2 saturated heterocycles. The Labute approximate surface area is 326 Å². The number of sulfonamides is 1. The Balaban J connectivity index is 1.18. The number of alkyl carbamates (subject to hydrolysis) is 1. The van der Waals surface area contributed by atoms with Gasteiger partial charge in [0.1, 0.15) is 34.7 Å². The molecule has 2 aromatic rings. The van der Waals surface area contributed by atoms with E-state index in [-0.39, 0.29) is 49.3 Å². The minimum Gasteiger partial charge on any atom is -0.508 e. The number of aromatic hydroxyl groups is 1. The lowest BCUT2D eigenvalue weighted by Crippen LogP contribution is -2.60. The Morgan fingerprint density at radius 2 is 1.77 bits per heavy atom. The predicted molar refractivity (Wildman–Crippen MR) is 204 cm³/mol. The summed E-state index contributed by atoms with van der Waals surface area (Å²) in [7, 11) is -3.92. The number of benzene rings is 1. The maximum Gasteiger partial charge on any atom is 0.408 e. The van der Waals surface area contributed by atoms with Crippen molar-refractivity contribution in [1.29, 1.82) is 0 Å². The largest absolute Gasteiger partial charge is 0.508 e. The van der Waals surface area contributed by atoms with Crippen LogP contribution in [0.5, 0.6) is 5.75 Å². The first kappa shape index (κ1) is 39.3. The van der Waals surface area contributed by atoms with Gasteiger partial charge in [-0.25, -0.2) is 18.2 Å². The van der Waals surface area contributed by atoms with E-state index in [1.54, 1.807) is 68.1 Å². The lowest BCUT2D eigenvalue weighted by Gasteiger charge is -2.33. The number of phenols is 1. The Bertz CT molecular complexity index is 2050. The molecule has 15 nitrogen and oxygen atoms in total. The van der Waals surface area contributed by atoms with Gasteiger partial charge in [0.25, 0.3) is 11.8 Å². The van der Waals surface area contributed by atoms with Crippen LogP contribution in [0.25, 0.3) is 11.3 Å². The van der Waals surface area contributed by atoms with Gasteiger partial charge in [0, 0.05) is 43.0 Å². The lowest BCUT2D eigenvalue weighted by molar-refractivity contribution is -0.142. The van der Waals surface area contributed by atoms with E-state index in [9.17, 15) is 37.5 Å². The Morgan fingerprint density at radius 3 is 2.50 bits per heavy atom. The minimum atomic E-state index is -3.92. The summed E-state index contributed by atoms with van der Waals surface area (Å²) in [5.74, 6) is -3.55. The molecular formula is C40H50N6O9S. The van der Waals surface area contributed by atoms with Crippen molar-refractivity contribution >= 4 is 39.7 Å². The molecule has 4 heterocycles. The fourth-order valence-electron chi connectivity index (χ4n) is 8.23. The second-order valence-electron chi connectivity index (χ2n) is 16.7.